The van der Waals surface area contributed by atoms with Crippen molar-refractivity contribution in [2.45, 2.75) is 13.0 Å². The smallest absolute Gasteiger partial charge is 0.302 e. The number of hydrogen-bond donors (Lipinski definition) is 2. The molecule has 1 amide bonds. The quantitative estimate of drug-likeness (QED) is 0.157. The minimum Gasteiger partial charge on any atom is -0.507 e. The number of nitrogens with one attached hydrogen (secondary N) is 1. The number of ketones is 1. The van der Waals surface area contributed by atoms with Crippen LogP contribution in [0.1, 0.15) is 22.7 Å². The third-order valence-electron chi connectivity index (χ3n) is 5.65. The number of aromatic amines is 1. The normalized spacial score (nSPS) is 17.4. The van der Waals surface area contributed by atoms with Gasteiger partial charge in [0, 0.05) is 30.1 Å². The van der Waals surface area contributed by atoms with Crippen LogP contribution in [0.25, 0.3) is 16.8 Å². The maximum Gasteiger partial charge on any atom is 0.302 e. The van der Waals surface area contributed by atoms with Gasteiger partial charge in [0.1, 0.15) is 5.76 Å². The highest BCUT2D eigenvalue weighted by Gasteiger charge is 2.48. The Morgan fingerprint density at radius 1 is 1.15 bits per heavy atom. The van der Waals surface area contributed by atoms with Crippen LogP contribution in [0, 0.1) is 17.0 Å². The molecule has 1 atom stereocenters. The summed E-state index contributed by atoms with van der Waals surface area (Å²) in [6.07, 6.45) is 3.05. The fourth-order valence-corrected chi connectivity index (χ4v) is 4.02. The lowest BCUT2D eigenvalue weighted by Gasteiger charge is -2.22. The fourth-order valence-electron chi connectivity index (χ4n) is 4.02. The Morgan fingerprint density at radius 3 is 2.59 bits per heavy atom. The van der Waals surface area contributed by atoms with Gasteiger partial charge in [0.2, 0.25) is 5.95 Å². The second-order valence-electron chi connectivity index (χ2n) is 7.84. The third-order valence-corrected chi connectivity index (χ3v) is 5.65. The van der Waals surface area contributed by atoms with Crippen LogP contribution in [0.4, 0.5) is 11.6 Å². The highest BCUT2D eigenvalue weighted by molar-refractivity contribution is 6.51. The van der Waals surface area contributed by atoms with E-state index in [-0.39, 0.29) is 22.8 Å². The largest absolute Gasteiger partial charge is 0.507 e. The number of carbonyl (C=O) groups excluding carboxylic acids is 2. The number of non-ortho nitro benzene ring substituents is 1. The number of pyridine rings is 1. The van der Waals surface area contributed by atoms with E-state index in [1.807, 2.05) is 19.1 Å². The average molecular weight is 455 g/mol. The van der Waals surface area contributed by atoms with Crippen molar-refractivity contribution in [3.63, 3.8) is 0 Å². The molecule has 1 unspecified atom stereocenters. The van der Waals surface area contributed by atoms with Crippen molar-refractivity contribution < 1.29 is 19.6 Å². The van der Waals surface area contributed by atoms with Gasteiger partial charge >= 0.3 is 5.91 Å². The van der Waals surface area contributed by atoms with Gasteiger partial charge in [0.15, 0.2) is 0 Å². The molecule has 1 saturated heterocycles. The Kier molecular flexibility index (Phi) is 4.90. The highest BCUT2D eigenvalue weighted by Crippen LogP contribution is 2.41. The lowest BCUT2D eigenvalue weighted by molar-refractivity contribution is -0.384. The van der Waals surface area contributed by atoms with Gasteiger partial charge in [0.25, 0.3) is 11.5 Å². The number of H-pyrrole nitrogens is 1. The van der Waals surface area contributed by atoms with Crippen molar-refractivity contribution in [1.82, 2.24) is 15.0 Å². The number of nitro benzene ring substituents is 1. The third kappa shape index (κ3) is 3.37. The van der Waals surface area contributed by atoms with Crippen LogP contribution in [0.5, 0.6) is 0 Å². The summed E-state index contributed by atoms with van der Waals surface area (Å²) in [6, 6.07) is 13.0. The minimum absolute atomic E-state index is 0.152. The number of carbonyl (C=O) groups is 2. The Hall–Kier alpha value is -4.86. The van der Waals surface area contributed by atoms with Crippen molar-refractivity contribution in [2.75, 3.05) is 4.90 Å². The lowest BCUT2D eigenvalue weighted by Crippen LogP contribution is -2.30. The van der Waals surface area contributed by atoms with Crippen LogP contribution < -0.4 is 4.90 Å². The number of aliphatic hydroxyl groups excluding tert-OH is 1. The molecule has 1 aliphatic rings. The van der Waals surface area contributed by atoms with Gasteiger partial charge in [-0.3, -0.25) is 29.6 Å². The van der Waals surface area contributed by atoms with Crippen molar-refractivity contribution in [1.29, 1.82) is 0 Å². The number of amides is 1. The molecule has 2 aromatic heterocycles. The molecule has 0 saturated carbocycles. The number of fused-ring (bicyclic) bond motifs is 1. The topological polar surface area (TPSA) is 142 Å². The van der Waals surface area contributed by atoms with E-state index in [2.05, 4.69) is 15.0 Å². The summed E-state index contributed by atoms with van der Waals surface area (Å²) in [4.78, 5) is 49.6. The lowest BCUT2D eigenvalue weighted by atomic mass is 9.96. The second-order valence-corrected chi connectivity index (χ2v) is 7.84. The SMILES string of the molecule is Cc1ccc2nc(N3C(=O)C(=O)/C(=C(/O)c4ccc([N+](=O)[O-])cc4)C3c3cccnc3)[nH]c2c1. The molecule has 0 spiro atoms. The second kappa shape index (κ2) is 7.93. The molecule has 10 nitrogen and oxygen atoms in total. The van der Waals surface area contributed by atoms with Crippen LogP contribution in [-0.4, -0.2) is 36.7 Å². The fraction of sp³-hybridized carbons (Fsp3) is 0.0833. The molecule has 0 radical (unpaired) electrons. The van der Waals surface area contributed by atoms with Gasteiger partial charge in [-0.2, -0.15) is 0 Å². The number of Topliss-reactive ketones (excluding diaryl/α,β-unsaturated/α-hetero) is 1. The summed E-state index contributed by atoms with van der Waals surface area (Å²) in [5, 5.41) is 22.0. The zero-order valence-corrected chi connectivity index (χ0v) is 17.8. The first-order valence-electron chi connectivity index (χ1n) is 10.3. The maximum absolute atomic E-state index is 13.2. The molecule has 34 heavy (non-hydrogen) atoms. The van der Waals surface area contributed by atoms with Crippen LogP contribution in [0.15, 0.2) is 72.6 Å². The molecule has 168 valence electrons. The Bertz CT molecular complexity index is 1490. The van der Waals surface area contributed by atoms with E-state index in [4.69, 9.17) is 0 Å². The van der Waals surface area contributed by atoms with Crippen molar-refractivity contribution >= 4 is 40.1 Å². The number of rotatable bonds is 4. The van der Waals surface area contributed by atoms with E-state index in [1.165, 1.54) is 35.4 Å². The highest BCUT2D eigenvalue weighted by atomic mass is 16.6. The van der Waals surface area contributed by atoms with E-state index in [1.54, 1.807) is 24.4 Å². The Labute approximate surface area is 192 Å². The molecule has 10 heteroatoms. The number of nitrogens with zero attached hydrogens (tertiary/aromatic N) is 4. The molecule has 5 rings (SSSR count). The van der Waals surface area contributed by atoms with E-state index >= 15 is 0 Å². The monoisotopic (exact) mass is 455 g/mol. The summed E-state index contributed by atoms with van der Waals surface area (Å²) in [7, 11) is 0. The Balaban J connectivity index is 1.69. The minimum atomic E-state index is -1.01. The predicted molar refractivity (Wildman–Crippen MR) is 123 cm³/mol. The standard InChI is InChI=1S/C24H17N5O5/c1-13-4-9-17-18(11-13)27-24(26-17)28-20(15-3-2-10-25-12-15)19(22(31)23(28)32)21(30)14-5-7-16(8-6-14)29(33)34/h2-12,20,30H,1H3,(H,26,27)/b21-19+. The zero-order valence-electron chi connectivity index (χ0n) is 17.8. The van der Waals surface area contributed by atoms with Crippen LogP contribution in [0.2, 0.25) is 0 Å². The maximum atomic E-state index is 13.2. The molecule has 1 aliphatic heterocycles. The van der Waals surface area contributed by atoms with Gasteiger partial charge in [-0.05, 0) is 48.4 Å². The number of nitro groups is 1. The van der Waals surface area contributed by atoms with Crippen LogP contribution in [-0.2, 0) is 9.59 Å². The van der Waals surface area contributed by atoms with Crippen LogP contribution >= 0.6 is 0 Å². The number of benzene rings is 2. The Morgan fingerprint density at radius 2 is 1.91 bits per heavy atom. The number of aliphatic hydroxyl groups is 1. The molecule has 0 aliphatic carbocycles. The van der Waals surface area contributed by atoms with Gasteiger partial charge < -0.3 is 10.1 Å². The summed E-state index contributed by atoms with van der Waals surface area (Å²) in [6.45, 7) is 1.92. The molecule has 1 fully saturated rings. The molecular weight excluding hydrogens is 438 g/mol. The number of aryl methyl sites for hydroxylation is 1. The molecular formula is C24H17N5O5. The summed E-state index contributed by atoms with van der Waals surface area (Å²) >= 11 is 0. The number of imidazole rings is 1. The summed E-state index contributed by atoms with van der Waals surface area (Å²) in [5.41, 5.74) is 2.62. The molecule has 0 bridgehead atoms. The van der Waals surface area contributed by atoms with Gasteiger partial charge in [-0.25, -0.2) is 4.98 Å². The average Bonchev–Trinajstić information content (AvgIpc) is 3.37. The zero-order chi connectivity index (χ0) is 24.0. The first-order chi connectivity index (χ1) is 16.3. The van der Waals surface area contributed by atoms with Gasteiger partial charge in [-0.15, -0.1) is 0 Å². The summed E-state index contributed by atoms with van der Waals surface area (Å²) in [5.74, 6) is -2.06. The number of anilines is 1. The van der Waals surface area contributed by atoms with E-state index < -0.39 is 28.4 Å². The summed E-state index contributed by atoms with van der Waals surface area (Å²) < 4.78 is 0. The van der Waals surface area contributed by atoms with E-state index in [0.717, 1.165) is 5.56 Å². The van der Waals surface area contributed by atoms with Crippen molar-refractivity contribution in [3.8, 4) is 0 Å². The van der Waals surface area contributed by atoms with Crippen molar-refractivity contribution in [3.05, 3.63) is 99.4 Å². The van der Waals surface area contributed by atoms with Crippen LogP contribution in [0.3, 0.4) is 0 Å². The van der Waals surface area contributed by atoms with Gasteiger partial charge in [-0.1, -0.05) is 12.1 Å². The molecule has 2 aromatic carbocycles. The first-order valence-corrected chi connectivity index (χ1v) is 10.3. The predicted octanol–water partition coefficient (Wildman–Crippen LogP) is 3.80. The number of aromatic nitrogens is 3. The first kappa shape index (κ1) is 21.0. The molecule has 3 heterocycles. The van der Waals surface area contributed by atoms with E-state index in [9.17, 15) is 24.8 Å². The number of hydrogen-bond acceptors (Lipinski definition) is 7. The van der Waals surface area contributed by atoms with E-state index in [0.29, 0.717) is 16.6 Å². The van der Waals surface area contributed by atoms with Crippen molar-refractivity contribution in [2.24, 2.45) is 0 Å². The van der Waals surface area contributed by atoms with Gasteiger partial charge in [0.05, 0.1) is 27.6 Å². The molecule has 4 aromatic rings. The molecule has 2 N–H and O–H groups in total.